The molecule has 0 bridgehead atoms. The molecule has 0 atom stereocenters. The third-order valence-electron chi connectivity index (χ3n) is 1.62. The van der Waals surface area contributed by atoms with Gasteiger partial charge in [-0.2, -0.15) is 5.26 Å². The van der Waals surface area contributed by atoms with Crippen molar-refractivity contribution < 1.29 is 13.9 Å². The van der Waals surface area contributed by atoms with Crippen LogP contribution in [0.25, 0.3) is 0 Å². The fraction of sp³-hybridized carbons (Fsp3) is 0.111. The summed E-state index contributed by atoms with van der Waals surface area (Å²) in [5, 5.41) is 8.63. The zero-order chi connectivity index (χ0) is 10.7. The molecule has 2 N–H and O–H groups in total. The number of carbonyl (C=O) groups is 1. The average molecular weight is 194 g/mol. The van der Waals surface area contributed by atoms with Crippen LogP contribution in [0, 0.1) is 17.1 Å². The maximum absolute atomic E-state index is 13.2. The summed E-state index contributed by atoms with van der Waals surface area (Å²) < 4.78 is 17.5. The first-order chi connectivity index (χ1) is 6.60. The highest BCUT2D eigenvalue weighted by molar-refractivity contribution is 5.93. The molecule has 0 aliphatic rings. The van der Waals surface area contributed by atoms with Gasteiger partial charge in [0.2, 0.25) is 0 Å². The van der Waals surface area contributed by atoms with Gasteiger partial charge in [-0.3, -0.25) is 0 Å². The summed E-state index contributed by atoms with van der Waals surface area (Å²) in [7, 11) is 1.11. The molecule has 1 rings (SSSR count). The van der Waals surface area contributed by atoms with E-state index in [1.165, 1.54) is 6.07 Å². The molecular formula is C9H7FN2O2. The molecule has 0 radical (unpaired) electrons. The Morgan fingerprint density at radius 2 is 2.29 bits per heavy atom. The highest BCUT2D eigenvalue weighted by Gasteiger charge is 2.18. The summed E-state index contributed by atoms with van der Waals surface area (Å²) in [5.41, 5.74) is 4.88. The van der Waals surface area contributed by atoms with E-state index >= 15 is 0 Å². The van der Waals surface area contributed by atoms with Gasteiger partial charge >= 0.3 is 5.97 Å². The molecule has 0 heterocycles. The first kappa shape index (κ1) is 9.99. The number of ether oxygens (including phenoxy) is 1. The molecule has 0 aliphatic heterocycles. The SMILES string of the molecule is COC(=O)c1c(F)cc(N)cc1C#N. The van der Waals surface area contributed by atoms with Crippen molar-refractivity contribution in [3.05, 3.63) is 29.1 Å². The largest absolute Gasteiger partial charge is 0.465 e. The normalized spacial score (nSPS) is 9.21. The van der Waals surface area contributed by atoms with Crippen LogP contribution in [0.4, 0.5) is 10.1 Å². The lowest BCUT2D eigenvalue weighted by Crippen LogP contribution is -2.08. The number of hydrogen-bond acceptors (Lipinski definition) is 4. The van der Waals surface area contributed by atoms with Gasteiger partial charge in [-0.15, -0.1) is 0 Å². The number of esters is 1. The monoisotopic (exact) mass is 194 g/mol. The van der Waals surface area contributed by atoms with Crippen LogP contribution >= 0.6 is 0 Å². The smallest absolute Gasteiger partial charge is 0.342 e. The molecule has 0 aliphatic carbocycles. The van der Waals surface area contributed by atoms with E-state index in [4.69, 9.17) is 11.0 Å². The summed E-state index contributed by atoms with van der Waals surface area (Å²) >= 11 is 0. The Hall–Kier alpha value is -2.09. The van der Waals surface area contributed by atoms with Gasteiger partial charge in [0.15, 0.2) is 0 Å². The molecule has 72 valence electrons. The van der Waals surface area contributed by atoms with Gasteiger partial charge in [0.1, 0.15) is 17.4 Å². The lowest BCUT2D eigenvalue weighted by Gasteiger charge is -2.04. The van der Waals surface area contributed by atoms with Crippen LogP contribution in [0.3, 0.4) is 0 Å². The predicted molar refractivity (Wildman–Crippen MR) is 46.9 cm³/mol. The molecule has 0 aromatic heterocycles. The topological polar surface area (TPSA) is 76.1 Å². The Kier molecular flexibility index (Phi) is 2.67. The van der Waals surface area contributed by atoms with Crippen molar-refractivity contribution in [3.63, 3.8) is 0 Å². The van der Waals surface area contributed by atoms with Crippen molar-refractivity contribution in [3.8, 4) is 6.07 Å². The number of nitriles is 1. The van der Waals surface area contributed by atoms with E-state index < -0.39 is 11.8 Å². The van der Waals surface area contributed by atoms with Crippen molar-refractivity contribution in [2.75, 3.05) is 12.8 Å². The summed E-state index contributed by atoms with van der Waals surface area (Å²) in [5.74, 6) is -1.74. The van der Waals surface area contributed by atoms with Crippen LogP contribution in [-0.4, -0.2) is 13.1 Å². The van der Waals surface area contributed by atoms with Gasteiger partial charge in [0, 0.05) is 5.69 Å². The lowest BCUT2D eigenvalue weighted by molar-refractivity contribution is 0.0595. The highest BCUT2D eigenvalue weighted by atomic mass is 19.1. The number of rotatable bonds is 1. The van der Waals surface area contributed by atoms with Crippen molar-refractivity contribution in [1.82, 2.24) is 0 Å². The Morgan fingerprint density at radius 3 is 2.79 bits per heavy atom. The number of nitrogens with two attached hydrogens (primary N) is 1. The minimum atomic E-state index is -0.890. The number of carbonyl (C=O) groups excluding carboxylic acids is 1. The first-order valence-corrected chi connectivity index (χ1v) is 3.67. The van der Waals surface area contributed by atoms with Crippen LogP contribution in [0.2, 0.25) is 0 Å². The molecule has 1 aromatic rings. The standard InChI is InChI=1S/C9H7FN2O2/c1-14-9(13)8-5(4-11)2-6(12)3-7(8)10/h2-3H,12H2,1H3. The summed E-state index contributed by atoms with van der Waals surface area (Å²) in [6.45, 7) is 0. The molecular weight excluding hydrogens is 187 g/mol. The zero-order valence-corrected chi connectivity index (χ0v) is 7.37. The minimum Gasteiger partial charge on any atom is -0.465 e. The molecule has 4 nitrogen and oxygen atoms in total. The summed E-state index contributed by atoms with van der Waals surface area (Å²) in [6, 6.07) is 3.85. The number of anilines is 1. The minimum absolute atomic E-state index is 0.0895. The molecule has 0 spiro atoms. The molecule has 0 saturated heterocycles. The third-order valence-corrected chi connectivity index (χ3v) is 1.62. The maximum Gasteiger partial charge on any atom is 0.342 e. The number of benzene rings is 1. The maximum atomic E-state index is 13.2. The van der Waals surface area contributed by atoms with Crippen LogP contribution in [0.5, 0.6) is 0 Å². The Balaban J connectivity index is 3.42. The van der Waals surface area contributed by atoms with Crippen molar-refractivity contribution in [2.24, 2.45) is 0 Å². The molecule has 0 fully saturated rings. The lowest BCUT2D eigenvalue weighted by atomic mass is 10.1. The molecule has 0 saturated carbocycles. The van der Waals surface area contributed by atoms with Crippen LogP contribution in [0.15, 0.2) is 12.1 Å². The van der Waals surface area contributed by atoms with Crippen molar-refractivity contribution >= 4 is 11.7 Å². The second-order valence-corrected chi connectivity index (χ2v) is 2.53. The molecule has 0 amide bonds. The van der Waals surface area contributed by atoms with Crippen LogP contribution in [-0.2, 0) is 4.74 Å². The second kappa shape index (κ2) is 3.75. The van der Waals surface area contributed by atoms with E-state index in [1.807, 2.05) is 0 Å². The van der Waals surface area contributed by atoms with Crippen LogP contribution in [0.1, 0.15) is 15.9 Å². The molecule has 5 heteroatoms. The fourth-order valence-electron chi connectivity index (χ4n) is 1.03. The van der Waals surface area contributed by atoms with Gasteiger partial charge in [-0.25, -0.2) is 9.18 Å². The summed E-state index contributed by atoms with van der Waals surface area (Å²) in [4.78, 5) is 11.1. The number of methoxy groups -OCH3 is 1. The van der Waals surface area contributed by atoms with Crippen molar-refractivity contribution in [1.29, 1.82) is 5.26 Å². The van der Waals surface area contributed by atoms with E-state index in [0.717, 1.165) is 13.2 Å². The van der Waals surface area contributed by atoms with Gasteiger partial charge in [0.05, 0.1) is 12.7 Å². The molecule has 14 heavy (non-hydrogen) atoms. The molecule has 1 aromatic carbocycles. The zero-order valence-electron chi connectivity index (χ0n) is 7.37. The second-order valence-electron chi connectivity index (χ2n) is 2.53. The van der Waals surface area contributed by atoms with Crippen molar-refractivity contribution in [2.45, 2.75) is 0 Å². The van der Waals surface area contributed by atoms with Gasteiger partial charge in [-0.1, -0.05) is 0 Å². The third kappa shape index (κ3) is 1.64. The van der Waals surface area contributed by atoms with E-state index in [0.29, 0.717) is 0 Å². The van der Waals surface area contributed by atoms with E-state index in [2.05, 4.69) is 4.74 Å². The predicted octanol–water partition coefficient (Wildman–Crippen LogP) is 1.07. The van der Waals surface area contributed by atoms with E-state index in [9.17, 15) is 9.18 Å². The number of nitrogen functional groups attached to an aromatic ring is 1. The van der Waals surface area contributed by atoms with Gasteiger partial charge < -0.3 is 10.5 Å². The van der Waals surface area contributed by atoms with Gasteiger partial charge in [-0.05, 0) is 12.1 Å². The Bertz CT molecular complexity index is 424. The number of nitrogens with zero attached hydrogens (tertiary/aromatic N) is 1. The number of halogens is 1. The summed E-state index contributed by atoms with van der Waals surface area (Å²) in [6.07, 6.45) is 0. The van der Waals surface area contributed by atoms with E-state index in [-0.39, 0.29) is 16.8 Å². The Morgan fingerprint density at radius 1 is 1.64 bits per heavy atom. The quantitative estimate of drug-likeness (QED) is 0.535. The Labute approximate surface area is 79.7 Å². The average Bonchev–Trinajstić information content (AvgIpc) is 2.15. The fourth-order valence-corrected chi connectivity index (χ4v) is 1.03. The molecule has 0 unspecified atom stereocenters. The van der Waals surface area contributed by atoms with E-state index in [1.54, 1.807) is 6.07 Å². The van der Waals surface area contributed by atoms with Crippen LogP contribution < -0.4 is 5.73 Å². The van der Waals surface area contributed by atoms with Gasteiger partial charge in [0.25, 0.3) is 0 Å². The number of hydrogen-bond donors (Lipinski definition) is 1. The first-order valence-electron chi connectivity index (χ1n) is 3.67. The highest BCUT2D eigenvalue weighted by Crippen LogP contribution is 2.18.